The molecule has 3 amide bonds. The number of urea groups is 1. The van der Waals surface area contributed by atoms with Gasteiger partial charge in [-0.1, -0.05) is 12.1 Å². The molecular weight excluding hydrogens is 446 g/mol. The Morgan fingerprint density at radius 2 is 1.85 bits per heavy atom. The Kier molecular flexibility index (Phi) is 6.79. The number of carbonyl (C=O) groups excluding carboxylic acids is 2. The smallest absolute Gasteiger partial charge is 0.325 e. The second kappa shape index (κ2) is 10.1. The van der Waals surface area contributed by atoms with Crippen LogP contribution in [0.3, 0.4) is 0 Å². The number of hydrogen-bond acceptors (Lipinski definition) is 5. The molecule has 8 nitrogen and oxygen atoms in total. The highest BCUT2D eigenvalue weighted by Crippen LogP contribution is 2.33. The third-order valence-corrected chi connectivity index (χ3v) is 4.86. The predicted molar refractivity (Wildman–Crippen MR) is 121 cm³/mol. The number of amides is 3. The van der Waals surface area contributed by atoms with Crippen LogP contribution in [0, 0.1) is 11.6 Å². The summed E-state index contributed by atoms with van der Waals surface area (Å²) in [6.45, 7) is 0.322. The van der Waals surface area contributed by atoms with Crippen molar-refractivity contribution < 1.29 is 27.8 Å². The van der Waals surface area contributed by atoms with Gasteiger partial charge in [-0.15, -0.1) is 0 Å². The van der Waals surface area contributed by atoms with Crippen molar-refractivity contribution in [2.45, 2.75) is 13.0 Å². The van der Waals surface area contributed by atoms with Crippen LogP contribution in [-0.4, -0.2) is 29.0 Å². The van der Waals surface area contributed by atoms with Crippen LogP contribution in [-0.2, 0) is 22.6 Å². The maximum atomic E-state index is 14.7. The zero-order chi connectivity index (χ0) is 24.1. The Bertz CT molecular complexity index is 1340. The van der Waals surface area contributed by atoms with Crippen LogP contribution in [0.4, 0.5) is 19.3 Å². The molecule has 0 aliphatic carbocycles. The number of halogens is 2. The summed E-state index contributed by atoms with van der Waals surface area (Å²) < 4.78 is 38.6. The van der Waals surface area contributed by atoms with Gasteiger partial charge in [-0.2, -0.15) is 0 Å². The van der Waals surface area contributed by atoms with Gasteiger partial charge in [0.15, 0.2) is 11.6 Å². The van der Waals surface area contributed by atoms with E-state index in [1.165, 1.54) is 42.6 Å². The SMILES string of the molecule is COCc1c[nH]c2nccc(Oc3ccc(NC(=O)NC(=O)Cc4ccc(F)cc4)cc3F)c12. The van der Waals surface area contributed by atoms with Gasteiger partial charge in [0.1, 0.15) is 17.2 Å². The second-order valence-corrected chi connectivity index (χ2v) is 7.33. The quantitative estimate of drug-likeness (QED) is 0.367. The van der Waals surface area contributed by atoms with Gasteiger partial charge in [0.2, 0.25) is 5.91 Å². The predicted octanol–water partition coefficient (Wildman–Crippen LogP) is 4.67. The molecule has 4 rings (SSSR count). The number of carbonyl (C=O) groups is 2. The Morgan fingerprint density at radius 1 is 1.06 bits per heavy atom. The molecule has 0 bridgehead atoms. The average Bonchev–Trinajstić information content (AvgIpc) is 3.21. The largest absolute Gasteiger partial charge is 0.453 e. The number of pyridine rings is 1. The number of fused-ring (bicyclic) bond motifs is 1. The zero-order valence-corrected chi connectivity index (χ0v) is 18.0. The number of H-pyrrole nitrogens is 1. The van der Waals surface area contributed by atoms with Crippen LogP contribution in [0.2, 0.25) is 0 Å². The van der Waals surface area contributed by atoms with Gasteiger partial charge in [-0.25, -0.2) is 18.6 Å². The van der Waals surface area contributed by atoms with E-state index in [2.05, 4.69) is 20.6 Å². The summed E-state index contributed by atoms with van der Waals surface area (Å²) in [5.41, 5.74) is 2.05. The normalized spacial score (nSPS) is 10.8. The highest BCUT2D eigenvalue weighted by Gasteiger charge is 2.15. The number of anilines is 1. The first-order valence-electron chi connectivity index (χ1n) is 10.2. The van der Waals surface area contributed by atoms with E-state index in [1.54, 1.807) is 19.4 Å². The minimum atomic E-state index is -0.826. The summed E-state index contributed by atoms with van der Waals surface area (Å²) in [6.07, 6.45) is 3.17. The second-order valence-electron chi connectivity index (χ2n) is 7.33. The monoisotopic (exact) mass is 466 g/mol. The van der Waals surface area contributed by atoms with E-state index in [0.29, 0.717) is 29.0 Å². The summed E-state index contributed by atoms with van der Waals surface area (Å²) in [5, 5.41) is 5.21. The lowest BCUT2D eigenvalue weighted by atomic mass is 10.1. The summed E-state index contributed by atoms with van der Waals surface area (Å²) in [5.74, 6) is -1.40. The molecule has 0 unspecified atom stereocenters. The molecule has 2 heterocycles. The van der Waals surface area contributed by atoms with E-state index in [-0.39, 0.29) is 17.9 Å². The van der Waals surface area contributed by atoms with Gasteiger partial charge in [0.05, 0.1) is 18.4 Å². The van der Waals surface area contributed by atoms with Crippen LogP contribution in [0.25, 0.3) is 11.0 Å². The summed E-state index contributed by atoms with van der Waals surface area (Å²) >= 11 is 0. The average molecular weight is 466 g/mol. The van der Waals surface area contributed by atoms with Gasteiger partial charge in [0.25, 0.3) is 0 Å². The van der Waals surface area contributed by atoms with Crippen LogP contribution in [0.1, 0.15) is 11.1 Å². The molecule has 34 heavy (non-hydrogen) atoms. The number of benzene rings is 2. The first-order chi connectivity index (χ1) is 16.4. The lowest BCUT2D eigenvalue weighted by Gasteiger charge is -2.11. The lowest BCUT2D eigenvalue weighted by Crippen LogP contribution is -2.35. The van der Waals surface area contributed by atoms with Crippen molar-refractivity contribution in [2.24, 2.45) is 0 Å². The van der Waals surface area contributed by atoms with Crippen LogP contribution in [0.5, 0.6) is 11.5 Å². The van der Waals surface area contributed by atoms with Crippen LogP contribution in [0.15, 0.2) is 60.9 Å². The molecule has 0 aliphatic heterocycles. The first-order valence-corrected chi connectivity index (χ1v) is 10.2. The minimum absolute atomic E-state index is 0.0598. The number of nitrogens with one attached hydrogen (secondary N) is 3. The number of aromatic amines is 1. The molecule has 0 radical (unpaired) electrons. The fourth-order valence-corrected chi connectivity index (χ4v) is 3.35. The summed E-state index contributed by atoms with van der Waals surface area (Å²) in [4.78, 5) is 31.3. The Balaban J connectivity index is 1.41. The molecule has 2 aromatic heterocycles. The van der Waals surface area contributed by atoms with E-state index in [1.807, 2.05) is 0 Å². The van der Waals surface area contributed by atoms with E-state index in [4.69, 9.17) is 9.47 Å². The molecule has 10 heteroatoms. The summed E-state index contributed by atoms with van der Waals surface area (Å²) in [6, 6.07) is 10.0. The molecule has 3 N–H and O–H groups in total. The van der Waals surface area contributed by atoms with Gasteiger partial charge < -0.3 is 19.8 Å². The molecule has 0 fully saturated rings. The molecule has 174 valence electrons. The van der Waals surface area contributed by atoms with Gasteiger partial charge in [-0.05, 0) is 35.9 Å². The zero-order valence-electron chi connectivity index (χ0n) is 18.0. The van der Waals surface area contributed by atoms with E-state index < -0.39 is 23.6 Å². The van der Waals surface area contributed by atoms with Crippen LogP contribution < -0.4 is 15.4 Å². The van der Waals surface area contributed by atoms with Crippen molar-refractivity contribution in [1.29, 1.82) is 0 Å². The van der Waals surface area contributed by atoms with E-state index >= 15 is 0 Å². The highest BCUT2D eigenvalue weighted by atomic mass is 19.1. The Morgan fingerprint density at radius 3 is 2.59 bits per heavy atom. The molecular formula is C24H20F2N4O4. The lowest BCUT2D eigenvalue weighted by molar-refractivity contribution is -0.119. The van der Waals surface area contributed by atoms with Crippen LogP contribution >= 0.6 is 0 Å². The maximum Gasteiger partial charge on any atom is 0.325 e. The fraction of sp³-hybridized carbons (Fsp3) is 0.125. The number of ether oxygens (including phenoxy) is 2. The van der Waals surface area contributed by atoms with Gasteiger partial charge in [0, 0.05) is 36.8 Å². The van der Waals surface area contributed by atoms with Crippen molar-refractivity contribution in [3.63, 3.8) is 0 Å². The number of aromatic nitrogens is 2. The van der Waals surface area contributed by atoms with Crippen molar-refractivity contribution in [2.75, 3.05) is 12.4 Å². The molecule has 4 aromatic rings. The van der Waals surface area contributed by atoms with E-state index in [0.717, 1.165) is 11.6 Å². The summed E-state index contributed by atoms with van der Waals surface area (Å²) in [7, 11) is 1.56. The number of hydrogen-bond donors (Lipinski definition) is 3. The van der Waals surface area contributed by atoms with Gasteiger partial charge in [-0.3, -0.25) is 10.1 Å². The number of nitrogens with zero attached hydrogens (tertiary/aromatic N) is 1. The Labute approximate surface area is 192 Å². The molecule has 0 aliphatic rings. The number of rotatable bonds is 7. The van der Waals surface area contributed by atoms with Crippen molar-refractivity contribution in [3.8, 4) is 11.5 Å². The van der Waals surface area contributed by atoms with Crippen molar-refractivity contribution in [3.05, 3.63) is 83.7 Å². The minimum Gasteiger partial charge on any atom is -0.453 e. The van der Waals surface area contributed by atoms with Crippen molar-refractivity contribution in [1.82, 2.24) is 15.3 Å². The molecule has 2 aromatic carbocycles. The third-order valence-electron chi connectivity index (χ3n) is 4.86. The molecule has 0 saturated heterocycles. The van der Waals surface area contributed by atoms with Crippen molar-refractivity contribution >= 4 is 28.7 Å². The highest BCUT2D eigenvalue weighted by molar-refractivity contribution is 6.01. The maximum absolute atomic E-state index is 14.7. The number of imide groups is 1. The fourth-order valence-electron chi connectivity index (χ4n) is 3.35. The van der Waals surface area contributed by atoms with E-state index in [9.17, 15) is 18.4 Å². The number of methoxy groups -OCH3 is 1. The first kappa shape index (κ1) is 22.9. The molecule has 0 saturated carbocycles. The van der Waals surface area contributed by atoms with Gasteiger partial charge >= 0.3 is 6.03 Å². The topological polar surface area (TPSA) is 105 Å². The molecule has 0 spiro atoms. The Hall–Kier alpha value is -4.31. The molecule has 0 atom stereocenters. The third kappa shape index (κ3) is 5.36. The standard InChI is InChI=1S/C24H20F2N4O4/c1-33-13-15-12-28-23-22(15)20(8-9-27-23)34-19-7-6-17(11-18(19)26)29-24(32)30-21(31)10-14-2-4-16(25)5-3-14/h2-9,11-12H,10,13H2,1H3,(H,27,28)(H2,29,30,31,32).